The number of pyridine rings is 1. The van der Waals surface area contributed by atoms with Crippen molar-refractivity contribution in [2.24, 2.45) is 0 Å². The third-order valence-electron chi connectivity index (χ3n) is 3.89. The van der Waals surface area contributed by atoms with Gasteiger partial charge in [-0.3, -0.25) is 0 Å². The van der Waals surface area contributed by atoms with Crippen LogP contribution in [0.5, 0.6) is 0 Å². The zero-order chi connectivity index (χ0) is 16.9. The summed E-state index contributed by atoms with van der Waals surface area (Å²) in [6.45, 7) is 7.52. The van der Waals surface area contributed by atoms with Gasteiger partial charge in [0.2, 0.25) is 0 Å². The topological polar surface area (TPSA) is 52.0 Å². The molecule has 2 aromatic heterocycles. The second-order valence-corrected chi connectivity index (χ2v) is 8.35. The van der Waals surface area contributed by atoms with Gasteiger partial charge in [0.05, 0.1) is 15.9 Å². The minimum Gasteiger partial charge on any atom is -0.239 e. The molecule has 6 heteroatoms. The average molecular weight is 393 g/mol. The van der Waals surface area contributed by atoms with Crippen molar-refractivity contribution in [2.75, 3.05) is 0 Å². The average Bonchev–Trinajstić information content (AvgIpc) is 2.81. The molecule has 0 spiro atoms. The number of aromatic nitrogens is 2. The Hall–Kier alpha value is -1.66. The Morgan fingerprint density at radius 3 is 2.22 bits per heavy atom. The Kier molecular flexibility index (Phi) is 3.84. The molecular weight excluding hydrogens is 376 g/mol. The molecule has 0 unspecified atom stereocenters. The second-order valence-electron chi connectivity index (χ2n) is 5.84. The molecule has 0 aliphatic rings. The first-order valence-electron chi connectivity index (χ1n) is 7.19. The van der Waals surface area contributed by atoms with E-state index in [1.807, 2.05) is 45.9 Å². The summed E-state index contributed by atoms with van der Waals surface area (Å²) in [6, 6.07) is 7.34. The highest BCUT2D eigenvalue weighted by Gasteiger charge is 2.24. The highest BCUT2D eigenvalue weighted by molar-refractivity contribution is 9.10. The zero-order valence-electron chi connectivity index (χ0n) is 13.4. The number of hydrogen-bond acceptors (Lipinski definition) is 3. The maximum atomic E-state index is 13.2. The molecule has 0 aliphatic heterocycles. The van der Waals surface area contributed by atoms with E-state index >= 15 is 0 Å². The summed E-state index contributed by atoms with van der Waals surface area (Å²) in [6.07, 6.45) is 1.57. The number of aryl methyl sites for hydroxylation is 4. The molecule has 4 nitrogen and oxygen atoms in total. The Balaban J connectivity index is 2.32. The van der Waals surface area contributed by atoms with E-state index in [1.54, 1.807) is 12.3 Å². The van der Waals surface area contributed by atoms with Crippen molar-refractivity contribution in [2.45, 2.75) is 32.6 Å². The van der Waals surface area contributed by atoms with Crippen LogP contribution in [0.3, 0.4) is 0 Å². The van der Waals surface area contributed by atoms with Crippen LogP contribution >= 0.6 is 15.9 Å². The monoisotopic (exact) mass is 392 g/mol. The van der Waals surface area contributed by atoms with Crippen molar-refractivity contribution in [1.29, 1.82) is 0 Å². The maximum absolute atomic E-state index is 13.2. The van der Waals surface area contributed by atoms with Gasteiger partial charge in [-0.05, 0) is 72.4 Å². The molecule has 0 bridgehead atoms. The van der Waals surface area contributed by atoms with E-state index in [0.717, 1.165) is 26.9 Å². The van der Waals surface area contributed by atoms with Crippen molar-refractivity contribution >= 4 is 37.0 Å². The Morgan fingerprint density at radius 1 is 1.00 bits per heavy atom. The molecule has 0 atom stereocenters. The summed E-state index contributed by atoms with van der Waals surface area (Å²) >= 11 is 3.38. The number of halogens is 1. The molecule has 1 aromatic carbocycles. The molecule has 0 aliphatic carbocycles. The minimum atomic E-state index is -3.67. The van der Waals surface area contributed by atoms with Crippen molar-refractivity contribution in [3.05, 3.63) is 57.3 Å². The Bertz CT molecular complexity index is 1010. The lowest BCUT2D eigenvalue weighted by Gasteiger charge is -2.14. The lowest BCUT2D eigenvalue weighted by molar-refractivity contribution is 0.588. The third kappa shape index (κ3) is 2.60. The van der Waals surface area contributed by atoms with Gasteiger partial charge < -0.3 is 0 Å². The molecule has 2 heterocycles. The van der Waals surface area contributed by atoms with Gasteiger partial charge in [-0.25, -0.2) is 17.4 Å². The quantitative estimate of drug-likeness (QED) is 0.611. The van der Waals surface area contributed by atoms with Crippen LogP contribution in [0.2, 0.25) is 0 Å². The third-order valence-corrected chi connectivity index (χ3v) is 6.69. The van der Waals surface area contributed by atoms with E-state index in [-0.39, 0.29) is 0 Å². The number of benzene rings is 1. The molecule has 0 radical (unpaired) electrons. The van der Waals surface area contributed by atoms with Crippen LogP contribution < -0.4 is 0 Å². The van der Waals surface area contributed by atoms with E-state index in [9.17, 15) is 8.42 Å². The molecule has 0 N–H and O–H groups in total. The fourth-order valence-corrected chi connectivity index (χ4v) is 5.05. The summed E-state index contributed by atoms with van der Waals surface area (Å²) in [5.74, 6) is 0. The second kappa shape index (κ2) is 5.46. The smallest absolute Gasteiger partial charge is 0.239 e. The first kappa shape index (κ1) is 16.2. The molecule has 3 aromatic rings. The van der Waals surface area contributed by atoms with Crippen molar-refractivity contribution < 1.29 is 8.42 Å². The fraction of sp³-hybridized carbons (Fsp3) is 0.235. The van der Waals surface area contributed by atoms with E-state index in [2.05, 4.69) is 20.9 Å². The predicted molar refractivity (Wildman–Crippen MR) is 95.4 cm³/mol. The van der Waals surface area contributed by atoms with Gasteiger partial charge in [0.1, 0.15) is 4.60 Å². The summed E-state index contributed by atoms with van der Waals surface area (Å²) < 4.78 is 28.4. The molecule has 23 heavy (non-hydrogen) atoms. The number of fused-ring (bicyclic) bond motifs is 1. The lowest BCUT2D eigenvalue weighted by atomic mass is 10.1. The number of nitrogens with zero attached hydrogens (tertiary/aromatic N) is 2. The highest BCUT2D eigenvalue weighted by atomic mass is 79.9. The predicted octanol–water partition coefficient (Wildman–Crippen LogP) is 4.27. The zero-order valence-corrected chi connectivity index (χ0v) is 15.8. The van der Waals surface area contributed by atoms with Crippen LogP contribution in [0.25, 0.3) is 11.0 Å². The van der Waals surface area contributed by atoms with Gasteiger partial charge in [-0.1, -0.05) is 17.7 Å². The Labute approximate surface area is 144 Å². The molecule has 0 amide bonds. The lowest BCUT2D eigenvalue weighted by Crippen LogP contribution is -2.15. The normalized spacial score (nSPS) is 12.0. The maximum Gasteiger partial charge on any atom is 0.268 e. The fourth-order valence-electron chi connectivity index (χ4n) is 2.99. The van der Waals surface area contributed by atoms with Crippen LogP contribution in [-0.4, -0.2) is 17.4 Å². The van der Waals surface area contributed by atoms with Gasteiger partial charge in [0, 0.05) is 6.20 Å². The minimum absolute atomic E-state index is 0.362. The number of rotatable bonds is 2. The SMILES string of the molecule is Cc1cc(C)c(S(=O)(=O)n2ccc3nc(Br)c(C)cc32)c(C)c1. The Morgan fingerprint density at radius 2 is 1.61 bits per heavy atom. The molecule has 0 saturated carbocycles. The summed E-state index contributed by atoms with van der Waals surface area (Å²) in [4.78, 5) is 4.76. The van der Waals surface area contributed by atoms with Gasteiger partial charge in [0.25, 0.3) is 10.0 Å². The largest absolute Gasteiger partial charge is 0.268 e. The summed E-state index contributed by atoms with van der Waals surface area (Å²) in [5.41, 5.74) is 4.69. The van der Waals surface area contributed by atoms with Crippen molar-refractivity contribution in [1.82, 2.24) is 8.96 Å². The van der Waals surface area contributed by atoms with Crippen LogP contribution in [-0.2, 0) is 10.0 Å². The first-order chi connectivity index (χ1) is 10.7. The van der Waals surface area contributed by atoms with Crippen molar-refractivity contribution in [3.8, 4) is 0 Å². The van der Waals surface area contributed by atoms with Gasteiger partial charge in [-0.2, -0.15) is 0 Å². The molecule has 0 fully saturated rings. The van der Waals surface area contributed by atoms with Crippen LogP contribution in [0.15, 0.2) is 40.0 Å². The van der Waals surface area contributed by atoms with Gasteiger partial charge in [-0.15, -0.1) is 0 Å². The van der Waals surface area contributed by atoms with Gasteiger partial charge in [0.15, 0.2) is 0 Å². The van der Waals surface area contributed by atoms with Crippen LogP contribution in [0.4, 0.5) is 0 Å². The molecule has 3 rings (SSSR count). The molecule has 0 saturated heterocycles. The summed E-state index contributed by atoms with van der Waals surface area (Å²) in [7, 11) is -3.67. The molecular formula is C17H17BrN2O2S. The van der Waals surface area contributed by atoms with E-state index in [1.165, 1.54) is 3.97 Å². The van der Waals surface area contributed by atoms with Crippen LogP contribution in [0, 0.1) is 27.7 Å². The standard InChI is InChI=1S/C17H17BrN2O2S/c1-10-7-11(2)16(12(3)8-10)23(21,22)20-6-5-14-15(20)9-13(4)17(18)19-14/h5-9H,1-4H3. The number of hydrogen-bond donors (Lipinski definition) is 0. The van der Waals surface area contributed by atoms with Gasteiger partial charge >= 0.3 is 0 Å². The molecule has 120 valence electrons. The van der Waals surface area contributed by atoms with E-state index in [0.29, 0.717) is 15.9 Å². The van der Waals surface area contributed by atoms with E-state index in [4.69, 9.17) is 0 Å². The van der Waals surface area contributed by atoms with E-state index < -0.39 is 10.0 Å². The van der Waals surface area contributed by atoms with Crippen LogP contribution in [0.1, 0.15) is 22.3 Å². The highest BCUT2D eigenvalue weighted by Crippen LogP contribution is 2.28. The summed E-state index contributed by atoms with van der Waals surface area (Å²) in [5, 5.41) is 0. The van der Waals surface area contributed by atoms with Crippen molar-refractivity contribution in [3.63, 3.8) is 0 Å². The first-order valence-corrected chi connectivity index (χ1v) is 9.43.